The molecule has 1 amide bonds. The van der Waals surface area contributed by atoms with Crippen molar-refractivity contribution in [2.24, 2.45) is 0 Å². The Morgan fingerprint density at radius 1 is 1.39 bits per heavy atom. The number of benzene rings is 1. The average Bonchev–Trinajstić information content (AvgIpc) is 2.29. The van der Waals surface area contributed by atoms with Gasteiger partial charge in [-0.05, 0) is 25.8 Å². The third kappa shape index (κ3) is 4.19. The highest BCUT2D eigenvalue weighted by Crippen LogP contribution is 2.15. The van der Waals surface area contributed by atoms with Gasteiger partial charge >= 0.3 is 0 Å². The van der Waals surface area contributed by atoms with Crippen molar-refractivity contribution < 1.29 is 9.90 Å². The Morgan fingerprint density at radius 2 is 2.00 bits per heavy atom. The minimum atomic E-state index is -0.803. The molecule has 0 fully saturated rings. The molecule has 2 N–H and O–H groups in total. The van der Waals surface area contributed by atoms with Crippen LogP contribution in [0, 0.1) is 11.3 Å². The maximum Gasteiger partial charge on any atom is 0.242 e. The summed E-state index contributed by atoms with van der Waals surface area (Å²) in [7, 11) is 0. The predicted octanol–water partition coefficient (Wildman–Crippen LogP) is 1.57. The van der Waals surface area contributed by atoms with Crippen molar-refractivity contribution in [2.75, 3.05) is 0 Å². The number of nitriles is 1. The van der Waals surface area contributed by atoms with Crippen LogP contribution in [0.1, 0.15) is 31.7 Å². The van der Waals surface area contributed by atoms with Crippen LogP contribution in [0.15, 0.2) is 30.3 Å². The first-order valence-corrected chi connectivity index (χ1v) is 5.97. The van der Waals surface area contributed by atoms with E-state index in [-0.39, 0.29) is 11.9 Å². The normalized spacial score (nSPS) is 15.2. The Balaban J connectivity index is 2.67. The lowest BCUT2D eigenvalue weighted by Crippen LogP contribution is -2.37. The molecule has 3 unspecified atom stereocenters. The van der Waals surface area contributed by atoms with E-state index in [2.05, 4.69) is 5.32 Å². The summed E-state index contributed by atoms with van der Waals surface area (Å²) in [6, 6.07) is 10.8. The first-order valence-electron chi connectivity index (χ1n) is 5.97. The maximum atomic E-state index is 12.0. The second-order valence-corrected chi connectivity index (χ2v) is 4.47. The molecular weight excluding hydrogens is 228 g/mol. The van der Waals surface area contributed by atoms with Crippen LogP contribution in [0.5, 0.6) is 0 Å². The molecule has 0 aliphatic carbocycles. The van der Waals surface area contributed by atoms with E-state index >= 15 is 0 Å². The Labute approximate surface area is 107 Å². The number of rotatable bonds is 5. The van der Waals surface area contributed by atoms with E-state index in [0.717, 1.165) is 0 Å². The molecule has 0 spiro atoms. The highest BCUT2D eigenvalue weighted by Gasteiger charge is 2.21. The van der Waals surface area contributed by atoms with Crippen molar-refractivity contribution in [3.05, 3.63) is 35.9 Å². The van der Waals surface area contributed by atoms with Gasteiger partial charge in [-0.2, -0.15) is 5.26 Å². The highest BCUT2D eigenvalue weighted by atomic mass is 16.3. The van der Waals surface area contributed by atoms with Crippen LogP contribution < -0.4 is 5.32 Å². The van der Waals surface area contributed by atoms with Gasteiger partial charge in [-0.1, -0.05) is 30.3 Å². The Hall–Kier alpha value is -1.86. The van der Waals surface area contributed by atoms with E-state index in [9.17, 15) is 9.90 Å². The molecule has 1 aromatic carbocycles. The second-order valence-electron chi connectivity index (χ2n) is 4.47. The third-order valence-electron chi connectivity index (χ3n) is 2.61. The summed E-state index contributed by atoms with van der Waals surface area (Å²) >= 11 is 0. The first-order chi connectivity index (χ1) is 8.54. The average molecular weight is 246 g/mol. The van der Waals surface area contributed by atoms with Crippen molar-refractivity contribution in [1.29, 1.82) is 5.26 Å². The number of aliphatic hydroxyl groups is 1. The summed E-state index contributed by atoms with van der Waals surface area (Å²) in [6.07, 6.45) is -0.00357. The van der Waals surface area contributed by atoms with E-state index in [0.29, 0.717) is 12.0 Å². The smallest absolute Gasteiger partial charge is 0.242 e. The fraction of sp³-hybridized carbons (Fsp3) is 0.429. The molecule has 3 atom stereocenters. The van der Waals surface area contributed by atoms with E-state index in [4.69, 9.17) is 5.26 Å². The summed E-state index contributed by atoms with van der Waals surface area (Å²) in [4.78, 5) is 12.0. The summed E-state index contributed by atoms with van der Waals surface area (Å²) < 4.78 is 0. The Bertz CT molecular complexity index is 423. The number of nitrogens with zero attached hydrogens (tertiary/aromatic N) is 1. The summed E-state index contributed by atoms with van der Waals surface area (Å²) in [5.74, 6) is -1.13. The van der Waals surface area contributed by atoms with E-state index < -0.39 is 12.0 Å². The molecule has 0 saturated carbocycles. The lowest BCUT2D eigenvalue weighted by molar-refractivity contribution is -0.122. The van der Waals surface area contributed by atoms with Crippen molar-refractivity contribution >= 4 is 5.91 Å². The number of carbonyl (C=O) groups is 1. The van der Waals surface area contributed by atoms with Gasteiger partial charge < -0.3 is 10.4 Å². The maximum absolute atomic E-state index is 12.0. The lowest BCUT2D eigenvalue weighted by atomic mass is 9.99. The zero-order valence-electron chi connectivity index (χ0n) is 10.6. The number of nitrogens with one attached hydrogen (secondary N) is 1. The number of aliphatic hydroxyl groups excluding tert-OH is 1. The number of carbonyl (C=O) groups excluding carboxylic acids is 1. The molecular formula is C14H18N2O2. The largest absolute Gasteiger partial charge is 0.393 e. The van der Waals surface area contributed by atoms with Crippen LogP contribution in [-0.2, 0) is 4.79 Å². The zero-order valence-corrected chi connectivity index (χ0v) is 10.6. The third-order valence-corrected chi connectivity index (χ3v) is 2.61. The fourth-order valence-corrected chi connectivity index (χ4v) is 1.83. The van der Waals surface area contributed by atoms with E-state index in [1.165, 1.54) is 0 Å². The molecule has 0 radical (unpaired) electrons. The number of amides is 1. The molecule has 4 nitrogen and oxygen atoms in total. The number of hydrogen-bond acceptors (Lipinski definition) is 3. The SMILES string of the molecule is CC(O)CC(C)NC(=O)C(C#N)c1ccccc1. The molecule has 1 aromatic rings. The van der Waals surface area contributed by atoms with Crippen molar-refractivity contribution in [2.45, 2.75) is 38.3 Å². The van der Waals surface area contributed by atoms with Gasteiger partial charge in [-0.15, -0.1) is 0 Å². The van der Waals surface area contributed by atoms with Crippen LogP contribution in [0.4, 0.5) is 0 Å². The predicted molar refractivity (Wildman–Crippen MR) is 68.7 cm³/mol. The highest BCUT2D eigenvalue weighted by molar-refractivity contribution is 5.86. The van der Waals surface area contributed by atoms with Crippen LogP contribution in [-0.4, -0.2) is 23.2 Å². The fourth-order valence-electron chi connectivity index (χ4n) is 1.83. The number of hydrogen-bond donors (Lipinski definition) is 2. The molecule has 0 aliphatic heterocycles. The summed E-state index contributed by atoms with van der Waals surface area (Å²) in [5, 5.41) is 21.1. The van der Waals surface area contributed by atoms with Crippen molar-refractivity contribution in [1.82, 2.24) is 5.32 Å². The topological polar surface area (TPSA) is 73.1 Å². The van der Waals surface area contributed by atoms with E-state index in [1.54, 1.807) is 31.2 Å². The lowest BCUT2D eigenvalue weighted by Gasteiger charge is -2.17. The van der Waals surface area contributed by atoms with Crippen LogP contribution in [0.2, 0.25) is 0 Å². The molecule has 0 bridgehead atoms. The van der Waals surface area contributed by atoms with Crippen molar-refractivity contribution in [3.63, 3.8) is 0 Å². The Kier molecular flexibility index (Phi) is 5.34. The zero-order chi connectivity index (χ0) is 13.5. The second kappa shape index (κ2) is 6.77. The van der Waals surface area contributed by atoms with Crippen molar-refractivity contribution in [3.8, 4) is 6.07 Å². The molecule has 0 saturated heterocycles. The molecule has 18 heavy (non-hydrogen) atoms. The standard InChI is InChI=1S/C14H18N2O2/c1-10(8-11(2)17)16-14(18)13(9-15)12-6-4-3-5-7-12/h3-7,10-11,13,17H,8H2,1-2H3,(H,16,18). The minimum Gasteiger partial charge on any atom is -0.393 e. The van der Waals surface area contributed by atoms with Crippen LogP contribution >= 0.6 is 0 Å². The van der Waals surface area contributed by atoms with Gasteiger partial charge in [0, 0.05) is 6.04 Å². The molecule has 96 valence electrons. The van der Waals surface area contributed by atoms with Gasteiger partial charge in [0.15, 0.2) is 0 Å². The summed E-state index contributed by atoms with van der Waals surface area (Å²) in [6.45, 7) is 3.48. The van der Waals surface area contributed by atoms with Gasteiger partial charge in [0.25, 0.3) is 0 Å². The Morgan fingerprint density at radius 3 is 2.50 bits per heavy atom. The van der Waals surface area contributed by atoms with Gasteiger partial charge in [-0.25, -0.2) is 0 Å². The first kappa shape index (κ1) is 14.2. The monoisotopic (exact) mass is 246 g/mol. The molecule has 0 heterocycles. The van der Waals surface area contributed by atoms with Gasteiger partial charge in [-0.3, -0.25) is 4.79 Å². The van der Waals surface area contributed by atoms with Crippen LogP contribution in [0.3, 0.4) is 0 Å². The molecule has 4 heteroatoms. The molecule has 0 aromatic heterocycles. The van der Waals surface area contributed by atoms with Crippen LogP contribution in [0.25, 0.3) is 0 Å². The van der Waals surface area contributed by atoms with Gasteiger partial charge in [0.05, 0.1) is 12.2 Å². The van der Waals surface area contributed by atoms with Gasteiger partial charge in [0.2, 0.25) is 5.91 Å². The van der Waals surface area contributed by atoms with E-state index in [1.807, 2.05) is 19.1 Å². The minimum absolute atomic E-state index is 0.155. The molecule has 0 aliphatic rings. The molecule has 1 rings (SSSR count). The summed E-state index contributed by atoms with van der Waals surface area (Å²) in [5.41, 5.74) is 0.682. The van der Waals surface area contributed by atoms with Gasteiger partial charge in [0.1, 0.15) is 5.92 Å². The quantitative estimate of drug-likeness (QED) is 0.828.